The number of benzene rings is 3. The topological polar surface area (TPSA) is 68.2 Å². The SMILES string of the molecule is O=C(OCC(Cl)(Cl)Cl)N1CCC(c2ccc(OCCCO)cc2)C(OCc2ccc3ccccc3c2)C1. The Hall–Kier alpha value is -2.22. The second-order valence-electron chi connectivity index (χ2n) is 9.04. The summed E-state index contributed by atoms with van der Waals surface area (Å²) in [5.41, 5.74) is 2.16. The van der Waals surface area contributed by atoms with Gasteiger partial charge in [-0.25, -0.2) is 4.79 Å². The summed E-state index contributed by atoms with van der Waals surface area (Å²) in [6.45, 7) is 1.49. The van der Waals surface area contributed by atoms with Crippen LogP contribution in [-0.4, -0.2) is 58.9 Å². The van der Waals surface area contributed by atoms with Crippen LogP contribution in [0.25, 0.3) is 10.8 Å². The number of aliphatic hydroxyl groups is 1. The minimum atomic E-state index is -1.67. The summed E-state index contributed by atoms with van der Waals surface area (Å²) in [6, 6.07) is 22.4. The molecular weight excluding hydrogens is 537 g/mol. The molecule has 2 unspecified atom stereocenters. The summed E-state index contributed by atoms with van der Waals surface area (Å²) in [5, 5.41) is 11.3. The van der Waals surface area contributed by atoms with Crippen molar-refractivity contribution >= 4 is 51.7 Å². The molecule has 0 aromatic heterocycles. The molecule has 6 nitrogen and oxygen atoms in total. The van der Waals surface area contributed by atoms with Gasteiger partial charge in [-0.1, -0.05) is 83.3 Å². The van der Waals surface area contributed by atoms with Gasteiger partial charge in [0.25, 0.3) is 0 Å². The number of hydrogen-bond donors (Lipinski definition) is 1. The van der Waals surface area contributed by atoms with Crippen molar-refractivity contribution in [3.63, 3.8) is 0 Å². The molecule has 9 heteroatoms. The van der Waals surface area contributed by atoms with Gasteiger partial charge in [-0.15, -0.1) is 0 Å². The lowest BCUT2D eigenvalue weighted by molar-refractivity contribution is -0.0236. The minimum absolute atomic E-state index is 0.0733. The average Bonchev–Trinajstić information content (AvgIpc) is 2.90. The lowest BCUT2D eigenvalue weighted by Gasteiger charge is -2.38. The smallest absolute Gasteiger partial charge is 0.409 e. The van der Waals surface area contributed by atoms with Gasteiger partial charge in [0.1, 0.15) is 12.4 Å². The van der Waals surface area contributed by atoms with Gasteiger partial charge in [-0.05, 0) is 46.5 Å². The van der Waals surface area contributed by atoms with E-state index in [1.165, 1.54) is 5.39 Å². The van der Waals surface area contributed by atoms with Crippen LogP contribution >= 0.6 is 34.8 Å². The monoisotopic (exact) mass is 565 g/mol. The highest BCUT2D eigenvalue weighted by atomic mass is 35.6. The van der Waals surface area contributed by atoms with Gasteiger partial charge >= 0.3 is 6.09 Å². The van der Waals surface area contributed by atoms with Crippen molar-refractivity contribution in [1.82, 2.24) is 4.90 Å². The molecule has 0 aliphatic carbocycles. The van der Waals surface area contributed by atoms with Gasteiger partial charge in [-0.2, -0.15) is 0 Å². The largest absolute Gasteiger partial charge is 0.494 e. The zero-order chi connectivity index (χ0) is 26.3. The first-order valence-electron chi connectivity index (χ1n) is 12.2. The number of nitrogens with zero attached hydrogens (tertiary/aromatic N) is 1. The average molecular weight is 567 g/mol. The summed E-state index contributed by atoms with van der Waals surface area (Å²) >= 11 is 17.2. The van der Waals surface area contributed by atoms with Crippen molar-refractivity contribution in [3.8, 4) is 5.75 Å². The van der Waals surface area contributed by atoms with Gasteiger partial charge < -0.3 is 24.2 Å². The van der Waals surface area contributed by atoms with E-state index < -0.39 is 9.89 Å². The first-order chi connectivity index (χ1) is 17.8. The van der Waals surface area contributed by atoms with Gasteiger partial charge in [0.15, 0.2) is 0 Å². The number of aliphatic hydroxyl groups excluding tert-OH is 1. The number of ether oxygens (including phenoxy) is 3. The van der Waals surface area contributed by atoms with E-state index in [4.69, 9.17) is 54.1 Å². The summed E-state index contributed by atoms with van der Waals surface area (Å²) in [4.78, 5) is 14.3. The standard InChI is InChI=1S/C28H30Cl3NO5/c29-28(30,31)19-37-27(34)32-13-12-25(22-8-10-24(11-9-22)35-15-3-14-33)26(17-32)36-18-20-6-7-21-4-1-2-5-23(21)16-20/h1-2,4-11,16,25-26,33H,3,12-15,17-19H2. The Morgan fingerprint density at radius 3 is 2.51 bits per heavy atom. The highest BCUT2D eigenvalue weighted by Crippen LogP contribution is 2.33. The van der Waals surface area contributed by atoms with Crippen LogP contribution < -0.4 is 4.74 Å². The Morgan fingerprint density at radius 1 is 1.03 bits per heavy atom. The van der Waals surface area contributed by atoms with E-state index in [2.05, 4.69) is 30.3 Å². The van der Waals surface area contributed by atoms with Gasteiger partial charge in [0, 0.05) is 25.5 Å². The van der Waals surface area contributed by atoms with E-state index in [-0.39, 0.29) is 25.2 Å². The van der Waals surface area contributed by atoms with Crippen LogP contribution in [-0.2, 0) is 16.1 Å². The zero-order valence-electron chi connectivity index (χ0n) is 20.3. The van der Waals surface area contributed by atoms with Crippen LogP contribution in [0, 0.1) is 0 Å². The normalized spacial score (nSPS) is 18.1. The Kier molecular flexibility index (Phi) is 9.79. The first-order valence-corrected chi connectivity index (χ1v) is 13.4. The van der Waals surface area contributed by atoms with E-state index >= 15 is 0 Å². The number of amides is 1. The zero-order valence-corrected chi connectivity index (χ0v) is 22.6. The van der Waals surface area contributed by atoms with Crippen LogP contribution in [0.1, 0.15) is 29.9 Å². The first kappa shape index (κ1) is 27.8. The quantitative estimate of drug-likeness (QED) is 0.237. The molecule has 198 valence electrons. The number of carbonyl (C=O) groups is 1. The molecule has 1 heterocycles. The maximum Gasteiger partial charge on any atom is 0.409 e. The van der Waals surface area contributed by atoms with Crippen LogP contribution in [0.5, 0.6) is 5.75 Å². The lowest BCUT2D eigenvalue weighted by Crippen LogP contribution is -2.47. The summed E-state index contributed by atoms with van der Waals surface area (Å²) in [6.07, 6.45) is 0.480. The highest BCUT2D eigenvalue weighted by Gasteiger charge is 2.35. The molecule has 1 fully saturated rings. The van der Waals surface area contributed by atoms with Crippen LogP contribution in [0.4, 0.5) is 4.79 Å². The Morgan fingerprint density at radius 2 is 1.78 bits per heavy atom. The van der Waals surface area contributed by atoms with Crippen molar-refractivity contribution in [1.29, 1.82) is 0 Å². The molecule has 0 spiro atoms. The number of piperidine rings is 1. The predicted molar refractivity (Wildman–Crippen MR) is 147 cm³/mol. The van der Waals surface area contributed by atoms with Crippen molar-refractivity contribution in [2.45, 2.75) is 35.3 Å². The molecule has 1 aliphatic rings. The third-order valence-electron chi connectivity index (χ3n) is 6.33. The molecule has 37 heavy (non-hydrogen) atoms. The number of halogens is 3. The van der Waals surface area contributed by atoms with E-state index in [9.17, 15) is 4.79 Å². The summed E-state index contributed by atoms with van der Waals surface area (Å²) < 4.78 is 15.6. The van der Waals surface area contributed by atoms with E-state index in [0.29, 0.717) is 39.1 Å². The van der Waals surface area contributed by atoms with Crippen LogP contribution in [0.3, 0.4) is 0 Å². The van der Waals surface area contributed by atoms with E-state index in [1.807, 2.05) is 36.4 Å². The third-order valence-corrected chi connectivity index (χ3v) is 6.66. The molecule has 1 N–H and O–H groups in total. The molecule has 0 radical (unpaired) electrons. The molecule has 1 saturated heterocycles. The molecule has 0 bridgehead atoms. The van der Waals surface area contributed by atoms with Crippen molar-refractivity contribution < 1.29 is 24.1 Å². The maximum absolute atomic E-state index is 12.7. The molecule has 3 aromatic rings. The fourth-order valence-electron chi connectivity index (χ4n) is 4.47. The van der Waals surface area contributed by atoms with Gasteiger partial charge in [0.05, 0.1) is 25.9 Å². The second-order valence-corrected chi connectivity index (χ2v) is 11.6. The molecule has 4 rings (SSSR count). The fourth-order valence-corrected chi connectivity index (χ4v) is 4.63. The molecule has 1 amide bonds. The van der Waals surface area contributed by atoms with E-state index in [0.717, 1.165) is 22.3 Å². The van der Waals surface area contributed by atoms with Crippen molar-refractivity contribution in [3.05, 3.63) is 77.9 Å². The van der Waals surface area contributed by atoms with E-state index in [1.54, 1.807) is 4.90 Å². The van der Waals surface area contributed by atoms with Crippen LogP contribution in [0.15, 0.2) is 66.7 Å². The molecular formula is C28H30Cl3NO5. The summed E-state index contributed by atoms with van der Waals surface area (Å²) in [7, 11) is 0. The Labute approximate surface area is 232 Å². The number of hydrogen-bond acceptors (Lipinski definition) is 5. The molecule has 3 aromatic carbocycles. The molecule has 2 atom stereocenters. The van der Waals surface area contributed by atoms with Crippen molar-refractivity contribution in [2.24, 2.45) is 0 Å². The second kappa shape index (κ2) is 13.0. The number of rotatable bonds is 9. The lowest BCUT2D eigenvalue weighted by atomic mass is 9.87. The number of likely N-dealkylation sites (tertiary alicyclic amines) is 1. The minimum Gasteiger partial charge on any atom is -0.494 e. The number of alkyl halides is 3. The fraction of sp³-hybridized carbons (Fsp3) is 0.393. The third kappa shape index (κ3) is 8.13. The molecule has 0 saturated carbocycles. The number of carbonyl (C=O) groups excluding carboxylic acids is 1. The molecule has 1 aliphatic heterocycles. The highest BCUT2D eigenvalue weighted by molar-refractivity contribution is 6.67. The Bertz CT molecular complexity index is 1170. The van der Waals surface area contributed by atoms with Crippen molar-refractivity contribution in [2.75, 3.05) is 32.9 Å². The summed E-state index contributed by atoms with van der Waals surface area (Å²) in [5.74, 6) is 0.822. The van der Waals surface area contributed by atoms with Crippen LogP contribution in [0.2, 0.25) is 0 Å². The maximum atomic E-state index is 12.7. The van der Waals surface area contributed by atoms with Gasteiger partial charge in [0.2, 0.25) is 3.79 Å². The number of fused-ring (bicyclic) bond motifs is 1. The predicted octanol–water partition coefficient (Wildman–Crippen LogP) is 6.48. The van der Waals surface area contributed by atoms with Gasteiger partial charge in [-0.3, -0.25) is 0 Å². The Balaban J connectivity index is 1.47.